The molecular weight excluding hydrogens is 124 g/mol. The maximum atomic E-state index is 9.43. The van der Waals surface area contributed by atoms with Gasteiger partial charge in [0.1, 0.15) is 0 Å². The van der Waals surface area contributed by atoms with Gasteiger partial charge in [-0.1, -0.05) is 19.1 Å². The standard InChI is InChI=1S/C9H16O/c1-2-9(10)8-6-4-3-5-7-8/h4,6,8-10H,2-3,5,7H2,1H3/t8-,9-/m1/s1. The maximum absolute atomic E-state index is 9.43. The van der Waals surface area contributed by atoms with Gasteiger partial charge >= 0.3 is 0 Å². The lowest BCUT2D eigenvalue weighted by atomic mass is 9.90. The van der Waals surface area contributed by atoms with E-state index < -0.39 is 0 Å². The van der Waals surface area contributed by atoms with Crippen LogP contribution < -0.4 is 0 Å². The van der Waals surface area contributed by atoms with E-state index in [4.69, 9.17) is 0 Å². The highest BCUT2D eigenvalue weighted by Gasteiger charge is 2.15. The van der Waals surface area contributed by atoms with E-state index in [1.807, 2.05) is 6.92 Å². The molecule has 0 radical (unpaired) electrons. The van der Waals surface area contributed by atoms with Crippen LogP contribution in [0.25, 0.3) is 0 Å². The number of hydrogen-bond donors (Lipinski definition) is 1. The summed E-state index contributed by atoms with van der Waals surface area (Å²) >= 11 is 0. The van der Waals surface area contributed by atoms with Gasteiger partial charge in [-0.3, -0.25) is 0 Å². The fourth-order valence-corrected chi connectivity index (χ4v) is 1.46. The van der Waals surface area contributed by atoms with Gasteiger partial charge in [-0.2, -0.15) is 0 Å². The van der Waals surface area contributed by atoms with Gasteiger partial charge in [-0.05, 0) is 25.7 Å². The van der Waals surface area contributed by atoms with Crippen LogP contribution in [0.1, 0.15) is 32.6 Å². The summed E-state index contributed by atoms with van der Waals surface area (Å²) in [7, 11) is 0. The molecule has 1 aliphatic carbocycles. The Labute approximate surface area is 62.8 Å². The van der Waals surface area contributed by atoms with Gasteiger partial charge in [0.15, 0.2) is 0 Å². The summed E-state index contributed by atoms with van der Waals surface area (Å²) in [5.41, 5.74) is 0. The van der Waals surface area contributed by atoms with Crippen molar-refractivity contribution in [2.75, 3.05) is 0 Å². The highest BCUT2D eigenvalue weighted by atomic mass is 16.3. The zero-order valence-electron chi connectivity index (χ0n) is 6.59. The smallest absolute Gasteiger partial charge is 0.0600 e. The van der Waals surface area contributed by atoms with Crippen molar-refractivity contribution < 1.29 is 5.11 Å². The molecule has 0 aromatic rings. The van der Waals surface area contributed by atoms with E-state index in [0.29, 0.717) is 5.92 Å². The van der Waals surface area contributed by atoms with E-state index in [2.05, 4.69) is 12.2 Å². The normalized spacial score (nSPS) is 28.4. The fraction of sp³-hybridized carbons (Fsp3) is 0.778. The Kier molecular flexibility index (Phi) is 2.94. The molecule has 0 spiro atoms. The van der Waals surface area contributed by atoms with Gasteiger partial charge in [0, 0.05) is 5.92 Å². The maximum Gasteiger partial charge on any atom is 0.0600 e. The average Bonchev–Trinajstić information content (AvgIpc) is 2.05. The number of hydrogen-bond acceptors (Lipinski definition) is 1. The van der Waals surface area contributed by atoms with Crippen LogP contribution in [0.5, 0.6) is 0 Å². The molecule has 0 aliphatic heterocycles. The van der Waals surface area contributed by atoms with Crippen LogP contribution in [-0.4, -0.2) is 11.2 Å². The third-order valence-corrected chi connectivity index (χ3v) is 2.20. The molecule has 1 aliphatic rings. The SMILES string of the molecule is CC[C@@H](O)[C@@H]1C=CCCC1. The van der Waals surface area contributed by atoms with Crippen molar-refractivity contribution in [2.45, 2.75) is 38.7 Å². The van der Waals surface area contributed by atoms with Crippen LogP contribution in [0.2, 0.25) is 0 Å². The van der Waals surface area contributed by atoms with Crippen LogP contribution in [-0.2, 0) is 0 Å². The third-order valence-electron chi connectivity index (χ3n) is 2.20. The van der Waals surface area contributed by atoms with Gasteiger partial charge < -0.3 is 5.11 Å². The Morgan fingerprint density at radius 3 is 3.00 bits per heavy atom. The molecule has 0 saturated carbocycles. The zero-order chi connectivity index (χ0) is 7.40. The molecule has 1 heteroatoms. The predicted molar refractivity (Wildman–Crippen MR) is 42.8 cm³/mol. The van der Waals surface area contributed by atoms with E-state index in [1.54, 1.807) is 0 Å². The molecule has 0 heterocycles. The predicted octanol–water partition coefficient (Wildman–Crippen LogP) is 2.11. The van der Waals surface area contributed by atoms with Gasteiger partial charge in [0.2, 0.25) is 0 Å². The van der Waals surface area contributed by atoms with Crippen molar-refractivity contribution >= 4 is 0 Å². The van der Waals surface area contributed by atoms with Crippen molar-refractivity contribution in [2.24, 2.45) is 5.92 Å². The van der Waals surface area contributed by atoms with E-state index >= 15 is 0 Å². The lowest BCUT2D eigenvalue weighted by Crippen LogP contribution is -2.18. The Balaban J connectivity index is 2.38. The summed E-state index contributed by atoms with van der Waals surface area (Å²) in [4.78, 5) is 0. The lowest BCUT2D eigenvalue weighted by Gasteiger charge is -2.20. The van der Waals surface area contributed by atoms with Crippen LogP contribution in [0.3, 0.4) is 0 Å². The number of aliphatic hydroxyl groups is 1. The van der Waals surface area contributed by atoms with Gasteiger partial charge in [0.25, 0.3) is 0 Å². The summed E-state index contributed by atoms with van der Waals surface area (Å²) in [6.45, 7) is 2.03. The largest absolute Gasteiger partial charge is 0.393 e. The van der Waals surface area contributed by atoms with Crippen molar-refractivity contribution in [3.05, 3.63) is 12.2 Å². The van der Waals surface area contributed by atoms with Crippen LogP contribution >= 0.6 is 0 Å². The summed E-state index contributed by atoms with van der Waals surface area (Å²) in [6.07, 6.45) is 8.76. The molecule has 58 valence electrons. The second kappa shape index (κ2) is 3.77. The van der Waals surface area contributed by atoms with Crippen molar-refractivity contribution in [1.82, 2.24) is 0 Å². The first-order valence-corrected chi connectivity index (χ1v) is 4.19. The molecule has 1 N–H and O–H groups in total. The summed E-state index contributed by atoms with van der Waals surface area (Å²) in [5, 5.41) is 9.43. The molecule has 2 atom stereocenters. The monoisotopic (exact) mass is 140 g/mol. The number of rotatable bonds is 2. The van der Waals surface area contributed by atoms with Crippen LogP contribution in [0.15, 0.2) is 12.2 Å². The number of allylic oxidation sites excluding steroid dienone is 1. The Morgan fingerprint density at radius 2 is 2.50 bits per heavy atom. The second-order valence-corrected chi connectivity index (χ2v) is 3.00. The minimum absolute atomic E-state index is 0.100. The van der Waals surface area contributed by atoms with Crippen molar-refractivity contribution in [1.29, 1.82) is 0 Å². The average molecular weight is 140 g/mol. The molecule has 0 bridgehead atoms. The number of aliphatic hydroxyl groups excluding tert-OH is 1. The first kappa shape index (κ1) is 7.80. The molecule has 0 aromatic carbocycles. The third kappa shape index (κ3) is 1.84. The second-order valence-electron chi connectivity index (χ2n) is 3.00. The highest BCUT2D eigenvalue weighted by molar-refractivity contribution is 4.95. The summed E-state index contributed by atoms with van der Waals surface area (Å²) in [5.74, 6) is 0.443. The Hall–Kier alpha value is -0.300. The summed E-state index contributed by atoms with van der Waals surface area (Å²) in [6, 6.07) is 0. The Bertz CT molecular complexity index is 118. The zero-order valence-corrected chi connectivity index (χ0v) is 6.59. The highest BCUT2D eigenvalue weighted by Crippen LogP contribution is 2.21. The molecular formula is C9H16O. The quantitative estimate of drug-likeness (QED) is 0.582. The summed E-state index contributed by atoms with van der Waals surface area (Å²) < 4.78 is 0. The lowest BCUT2D eigenvalue weighted by molar-refractivity contribution is 0.118. The van der Waals surface area contributed by atoms with Crippen LogP contribution in [0.4, 0.5) is 0 Å². The van der Waals surface area contributed by atoms with E-state index in [-0.39, 0.29) is 6.10 Å². The minimum atomic E-state index is -0.100. The molecule has 10 heavy (non-hydrogen) atoms. The topological polar surface area (TPSA) is 20.2 Å². The molecule has 1 rings (SSSR count). The minimum Gasteiger partial charge on any atom is -0.393 e. The molecule has 0 aromatic heterocycles. The molecule has 0 unspecified atom stereocenters. The van der Waals surface area contributed by atoms with Crippen molar-refractivity contribution in [3.63, 3.8) is 0 Å². The molecule has 0 fully saturated rings. The Morgan fingerprint density at radius 1 is 1.70 bits per heavy atom. The van der Waals surface area contributed by atoms with Gasteiger partial charge in [0.05, 0.1) is 6.10 Å². The van der Waals surface area contributed by atoms with E-state index in [0.717, 1.165) is 6.42 Å². The van der Waals surface area contributed by atoms with Crippen LogP contribution in [0, 0.1) is 5.92 Å². The van der Waals surface area contributed by atoms with E-state index in [9.17, 15) is 5.11 Å². The first-order valence-electron chi connectivity index (χ1n) is 4.19. The van der Waals surface area contributed by atoms with Crippen molar-refractivity contribution in [3.8, 4) is 0 Å². The molecule has 1 nitrogen and oxygen atoms in total. The molecule has 0 saturated heterocycles. The fourth-order valence-electron chi connectivity index (χ4n) is 1.46. The first-order chi connectivity index (χ1) is 4.84. The van der Waals surface area contributed by atoms with Gasteiger partial charge in [-0.15, -0.1) is 0 Å². The van der Waals surface area contributed by atoms with E-state index in [1.165, 1.54) is 19.3 Å². The van der Waals surface area contributed by atoms with Gasteiger partial charge in [-0.25, -0.2) is 0 Å². The molecule has 0 amide bonds.